The van der Waals surface area contributed by atoms with Gasteiger partial charge >= 0.3 is 0 Å². The van der Waals surface area contributed by atoms with E-state index >= 15 is 0 Å². The van der Waals surface area contributed by atoms with Crippen molar-refractivity contribution in [2.24, 2.45) is 0 Å². The summed E-state index contributed by atoms with van der Waals surface area (Å²) in [5.41, 5.74) is 3.84. The van der Waals surface area contributed by atoms with Crippen LogP contribution in [0.3, 0.4) is 0 Å². The lowest BCUT2D eigenvalue weighted by atomic mass is 9.93. The molecule has 174 valence electrons. The maximum absolute atomic E-state index is 13.4. The molecule has 7 nitrogen and oxygen atoms in total. The van der Waals surface area contributed by atoms with Crippen LogP contribution in [-0.2, 0) is 22.6 Å². The van der Waals surface area contributed by atoms with Gasteiger partial charge in [-0.15, -0.1) is 0 Å². The Morgan fingerprint density at radius 2 is 1.97 bits per heavy atom. The highest BCUT2D eigenvalue weighted by Gasteiger charge is 2.47. The lowest BCUT2D eigenvalue weighted by molar-refractivity contribution is -0.140. The van der Waals surface area contributed by atoms with Crippen molar-refractivity contribution in [3.8, 4) is 5.75 Å². The van der Waals surface area contributed by atoms with E-state index in [0.717, 1.165) is 40.6 Å². The number of rotatable bonds is 4. The van der Waals surface area contributed by atoms with Crippen LogP contribution in [0, 0.1) is 0 Å². The Bertz CT molecular complexity index is 1490. The molecule has 2 N–H and O–H groups in total. The van der Waals surface area contributed by atoms with Crippen molar-refractivity contribution in [2.75, 3.05) is 6.61 Å². The molecule has 0 spiro atoms. The Kier molecular flexibility index (Phi) is 5.10. The maximum Gasteiger partial charge on any atom is 0.296 e. The zero-order valence-corrected chi connectivity index (χ0v) is 18.9. The van der Waals surface area contributed by atoms with Crippen LogP contribution in [0.25, 0.3) is 16.7 Å². The molecule has 1 amide bonds. The number of hydrogen-bond acceptors (Lipinski definition) is 5. The summed E-state index contributed by atoms with van der Waals surface area (Å²) >= 11 is 0. The number of amides is 1. The number of carbonyl (C=O) groups excluding carboxylic acids is 2. The first kappa shape index (κ1) is 21.2. The number of aliphatic hydroxyl groups is 1. The molecule has 7 heteroatoms. The van der Waals surface area contributed by atoms with Gasteiger partial charge in [-0.2, -0.15) is 0 Å². The van der Waals surface area contributed by atoms with Gasteiger partial charge in [-0.3, -0.25) is 14.6 Å². The van der Waals surface area contributed by atoms with E-state index < -0.39 is 17.7 Å². The predicted octanol–water partition coefficient (Wildman–Crippen LogP) is 4.51. The maximum atomic E-state index is 13.4. The summed E-state index contributed by atoms with van der Waals surface area (Å²) in [6.45, 7) is 0.807. The van der Waals surface area contributed by atoms with E-state index in [9.17, 15) is 14.7 Å². The number of carbonyl (C=O) groups is 2. The first-order valence-corrected chi connectivity index (χ1v) is 11.6. The number of fused-ring (bicyclic) bond motifs is 2. The highest BCUT2D eigenvalue weighted by molar-refractivity contribution is 6.46. The fraction of sp³-hybridized carbons (Fsp3) is 0.179. The van der Waals surface area contributed by atoms with Crippen LogP contribution in [0.4, 0.5) is 0 Å². The SMILES string of the molecule is O=C1C(=O)N(Cc2ccccn2)C(c2c[nH]c3ccccc23)/C1=C(\O)c1ccc2c(c1)CCCO2. The number of pyridine rings is 1. The largest absolute Gasteiger partial charge is 0.507 e. The highest BCUT2D eigenvalue weighted by atomic mass is 16.5. The molecule has 1 unspecified atom stereocenters. The van der Waals surface area contributed by atoms with Crippen molar-refractivity contribution in [2.45, 2.75) is 25.4 Å². The van der Waals surface area contributed by atoms with E-state index in [4.69, 9.17) is 4.74 Å². The Labute approximate surface area is 201 Å². The third-order valence-corrected chi connectivity index (χ3v) is 6.70. The third kappa shape index (κ3) is 3.56. The number of H-pyrrole nitrogens is 1. The summed E-state index contributed by atoms with van der Waals surface area (Å²) in [4.78, 5) is 35.8. The normalized spacial score (nSPS) is 19.1. The quantitative estimate of drug-likeness (QED) is 0.263. The monoisotopic (exact) mass is 465 g/mol. The van der Waals surface area contributed by atoms with Gasteiger partial charge < -0.3 is 19.7 Å². The van der Waals surface area contributed by atoms with Crippen molar-refractivity contribution in [3.05, 3.63) is 101 Å². The molecule has 0 bridgehead atoms. The van der Waals surface area contributed by atoms with Gasteiger partial charge in [0, 0.05) is 34.4 Å². The number of aryl methyl sites for hydroxylation is 1. The predicted molar refractivity (Wildman–Crippen MR) is 131 cm³/mol. The average Bonchev–Trinajstić information content (AvgIpc) is 3.43. The summed E-state index contributed by atoms with van der Waals surface area (Å²) in [5.74, 6) is -0.761. The summed E-state index contributed by atoms with van der Waals surface area (Å²) in [6.07, 6.45) is 5.18. The number of Topliss-reactive ketones (excluding diaryl/α,β-unsaturated/α-hetero) is 1. The van der Waals surface area contributed by atoms with Crippen molar-refractivity contribution in [1.29, 1.82) is 0 Å². The fourth-order valence-corrected chi connectivity index (χ4v) is 5.02. The first-order valence-electron chi connectivity index (χ1n) is 11.6. The number of aromatic amines is 1. The molecule has 6 rings (SSSR count). The molecule has 4 heterocycles. The van der Waals surface area contributed by atoms with Crippen molar-refractivity contribution in [3.63, 3.8) is 0 Å². The van der Waals surface area contributed by atoms with Crippen molar-refractivity contribution >= 4 is 28.4 Å². The number of likely N-dealkylation sites (tertiary alicyclic amines) is 1. The molecule has 2 aliphatic rings. The Morgan fingerprint density at radius 3 is 2.83 bits per heavy atom. The minimum absolute atomic E-state index is 0.0763. The second-order valence-electron chi connectivity index (χ2n) is 8.81. The molecule has 2 aromatic heterocycles. The second kappa shape index (κ2) is 8.43. The smallest absolute Gasteiger partial charge is 0.296 e. The Balaban J connectivity index is 1.52. The number of nitrogens with zero attached hydrogens (tertiary/aromatic N) is 2. The van der Waals surface area contributed by atoms with Crippen LogP contribution < -0.4 is 4.74 Å². The number of benzene rings is 2. The summed E-state index contributed by atoms with van der Waals surface area (Å²) in [5, 5.41) is 12.3. The zero-order chi connectivity index (χ0) is 23.9. The highest BCUT2D eigenvalue weighted by Crippen LogP contribution is 2.43. The van der Waals surface area contributed by atoms with E-state index in [1.54, 1.807) is 24.5 Å². The Morgan fingerprint density at radius 1 is 1.11 bits per heavy atom. The molecule has 1 atom stereocenters. The lowest BCUT2D eigenvalue weighted by Crippen LogP contribution is -2.29. The van der Waals surface area contributed by atoms with Gasteiger partial charge in [-0.05, 0) is 54.8 Å². The van der Waals surface area contributed by atoms with Gasteiger partial charge in [0.25, 0.3) is 11.7 Å². The topological polar surface area (TPSA) is 95.5 Å². The first-order chi connectivity index (χ1) is 17.1. The van der Waals surface area contributed by atoms with Gasteiger partial charge in [0.15, 0.2) is 0 Å². The summed E-state index contributed by atoms with van der Waals surface area (Å²) in [6, 6.07) is 17.8. The number of ether oxygens (including phenoxy) is 1. The van der Waals surface area contributed by atoms with Gasteiger partial charge in [0.1, 0.15) is 11.5 Å². The van der Waals surface area contributed by atoms with Gasteiger partial charge in [-0.1, -0.05) is 24.3 Å². The van der Waals surface area contributed by atoms with E-state index in [2.05, 4.69) is 9.97 Å². The van der Waals surface area contributed by atoms with E-state index in [1.807, 2.05) is 48.5 Å². The number of aromatic nitrogens is 2. The lowest BCUT2D eigenvalue weighted by Gasteiger charge is -2.24. The van der Waals surface area contributed by atoms with Gasteiger partial charge in [0.2, 0.25) is 0 Å². The minimum Gasteiger partial charge on any atom is -0.507 e. The van der Waals surface area contributed by atoms with Gasteiger partial charge in [0.05, 0.1) is 30.5 Å². The van der Waals surface area contributed by atoms with E-state index in [1.165, 1.54) is 4.90 Å². The molecular formula is C28H23N3O4. The fourth-order valence-electron chi connectivity index (χ4n) is 5.02. The average molecular weight is 466 g/mol. The molecule has 0 aliphatic carbocycles. The van der Waals surface area contributed by atoms with E-state index in [0.29, 0.717) is 17.9 Å². The number of aliphatic hydroxyl groups excluding tert-OH is 1. The third-order valence-electron chi connectivity index (χ3n) is 6.70. The van der Waals surface area contributed by atoms with Crippen LogP contribution >= 0.6 is 0 Å². The molecule has 2 aliphatic heterocycles. The molecule has 35 heavy (non-hydrogen) atoms. The minimum atomic E-state index is -0.763. The molecule has 0 saturated carbocycles. The van der Waals surface area contributed by atoms with Crippen LogP contribution in [-0.4, -0.2) is 38.3 Å². The second-order valence-corrected chi connectivity index (χ2v) is 8.81. The number of ketones is 1. The standard InChI is InChI=1S/C28H23N3O4/c32-26(18-10-11-23-17(14-18)6-5-13-35-23)24-25(21-15-30-22-9-2-1-8-20(21)22)31(28(34)27(24)33)16-19-7-3-4-12-29-19/h1-4,7-12,14-15,25,30,32H,5-6,13,16H2/b26-24+. The molecule has 2 aromatic carbocycles. The van der Waals surface area contributed by atoms with Crippen molar-refractivity contribution < 1.29 is 19.4 Å². The van der Waals surface area contributed by atoms with Gasteiger partial charge in [-0.25, -0.2) is 0 Å². The zero-order valence-electron chi connectivity index (χ0n) is 18.9. The number of hydrogen-bond donors (Lipinski definition) is 2. The summed E-state index contributed by atoms with van der Waals surface area (Å²) < 4.78 is 5.70. The van der Waals surface area contributed by atoms with E-state index in [-0.39, 0.29) is 17.9 Å². The van der Waals surface area contributed by atoms with Crippen LogP contribution in [0.5, 0.6) is 5.75 Å². The van der Waals surface area contributed by atoms with Crippen LogP contribution in [0.2, 0.25) is 0 Å². The molecule has 1 fully saturated rings. The number of nitrogens with one attached hydrogen (secondary N) is 1. The van der Waals surface area contributed by atoms with Crippen LogP contribution in [0.15, 0.2) is 78.6 Å². The number of para-hydroxylation sites is 1. The van der Waals surface area contributed by atoms with Crippen molar-refractivity contribution in [1.82, 2.24) is 14.9 Å². The van der Waals surface area contributed by atoms with Crippen LogP contribution in [0.1, 0.15) is 34.8 Å². The molecule has 1 saturated heterocycles. The molecule has 0 radical (unpaired) electrons. The Hall–Kier alpha value is -4.39. The summed E-state index contributed by atoms with van der Waals surface area (Å²) in [7, 11) is 0. The molecular weight excluding hydrogens is 442 g/mol. The molecule has 4 aromatic rings.